The predicted molar refractivity (Wildman–Crippen MR) is 178 cm³/mol. The number of hydrogen-bond acceptors (Lipinski definition) is 9. The first kappa shape index (κ1) is 36.0. The van der Waals surface area contributed by atoms with E-state index in [0.29, 0.717) is 59.0 Å². The number of methoxy groups -OCH3 is 2. The number of piperidine rings is 1. The van der Waals surface area contributed by atoms with Crippen LogP contribution in [-0.4, -0.2) is 100 Å². The largest absolute Gasteiger partial charge is 0.490 e. The summed E-state index contributed by atoms with van der Waals surface area (Å²) in [5.41, 5.74) is 3.68. The Balaban J connectivity index is 1.56. The van der Waals surface area contributed by atoms with Crippen molar-refractivity contribution in [3.63, 3.8) is 0 Å². The van der Waals surface area contributed by atoms with Gasteiger partial charge in [-0.15, -0.1) is 0 Å². The number of fused-ring (bicyclic) bond motifs is 1. The lowest BCUT2D eigenvalue weighted by Gasteiger charge is -2.44. The number of amides is 1. The van der Waals surface area contributed by atoms with Crippen LogP contribution in [0.5, 0.6) is 5.75 Å². The highest BCUT2D eigenvalue weighted by atomic mass is 16.6. The van der Waals surface area contributed by atoms with Gasteiger partial charge in [0, 0.05) is 39.3 Å². The van der Waals surface area contributed by atoms with Crippen LogP contribution in [0.15, 0.2) is 42.5 Å². The summed E-state index contributed by atoms with van der Waals surface area (Å²) in [5.74, 6) is 0.892. The number of rotatable bonds is 15. The molecule has 10 heteroatoms. The molecule has 1 fully saturated rings. The summed E-state index contributed by atoms with van der Waals surface area (Å²) in [7, 11) is 3.39. The van der Waals surface area contributed by atoms with Crippen LogP contribution in [0.3, 0.4) is 0 Å². The molecule has 1 N–H and O–H groups in total. The monoisotopic (exact) mass is 642 g/mol. The maximum Gasteiger partial charge on any atom is 0.410 e. The first-order valence-electron chi connectivity index (χ1n) is 16.5. The minimum atomic E-state index is -0.638. The molecule has 4 rings (SSSR count). The Morgan fingerprint density at radius 2 is 1.76 bits per heavy atom. The fourth-order valence-corrected chi connectivity index (χ4v) is 6.16. The Hall–Kier alpha value is -2.89. The summed E-state index contributed by atoms with van der Waals surface area (Å²) in [4.78, 5) is 17.6. The SMILES string of the molecule is COCCCN1CCOc2ccc(CO[C@H]3CN(C(=O)OC(C)(C)C)[C@@H](C[C@H](C)O)C[C@@H]3c3ccc(COCCOC)cc3)cc21. The van der Waals surface area contributed by atoms with Crippen LogP contribution < -0.4 is 9.64 Å². The Labute approximate surface area is 274 Å². The van der Waals surface area contributed by atoms with E-state index in [0.717, 1.165) is 47.6 Å². The standard InChI is InChI=1S/C36H54N2O8/c1-26(39)20-30-22-31(29-11-8-27(9-12-29)24-43-19-18-42-6)34(23-38(30)35(40)46-36(2,3)4)45-25-28-10-13-33-32(21-28)37(15-17-44-33)14-7-16-41-5/h8-13,21,26,30-31,34,39H,7,14-20,22-25H2,1-6H3/t26-,30-,31+,34-/m0/s1. The maximum absolute atomic E-state index is 13.5. The van der Waals surface area contributed by atoms with Gasteiger partial charge in [0.15, 0.2) is 0 Å². The molecule has 0 bridgehead atoms. The Morgan fingerprint density at radius 3 is 2.46 bits per heavy atom. The molecule has 0 radical (unpaired) electrons. The lowest BCUT2D eigenvalue weighted by molar-refractivity contribution is -0.0578. The van der Waals surface area contributed by atoms with Gasteiger partial charge in [0.25, 0.3) is 0 Å². The Kier molecular flexibility index (Phi) is 13.5. The Bertz CT molecular complexity index is 1220. The van der Waals surface area contributed by atoms with E-state index in [-0.39, 0.29) is 24.2 Å². The second-order valence-corrected chi connectivity index (χ2v) is 13.3. The normalized spacial score (nSPS) is 20.6. The van der Waals surface area contributed by atoms with Crippen LogP contribution in [0.1, 0.15) is 69.6 Å². The smallest absolute Gasteiger partial charge is 0.410 e. The van der Waals surface area contributed by atoms with Crippen LogP contribution in [-0.2, 0) is 36.9 Å². The molecule has 0 aromatic heterocycles. The number of carbonyl (C=O) groups is 1. The van der Waals surface area contributed by atoms with Crippen molar-refractivity contribution in [2.75, 3.05) is 65.2 Å². The average molecular weight is 643 g/mol. The molecule has 2 aromatic carbocycles. The van der Waals surface area contributed by atoms with Crippen molar-refractivity contribution in [3.05, 3.63) is 59.2 Å². The second kappa shape index (κ2) is 17.3. The summed E-state index contributed by atoms with van der Waals surface area (Å²) in [6.07, 6.45) is 0.802. The summed E-state index contributed by atoms with van der Waals surface area (Å²) in [5, 5.41) is 10.4. The highest BCUT2D eigenvalue weighted by Gasteiger charge is 2.41. The molecular weight excluding hydrogens is 588 g/mol. The summed E-state index contributed by atoms with van der Waals surface area (Å²) < 4.78 is 34.6. The van der Waals surface area contributed by atoms with Gasteiger partial charge in [-0.3, -0.25) is 0 Å². The fraction of sp³-hybridized carbons (Fsp3) is 0.639. The number of aliphatic hydroxyl groups excluding tert-OH is 1. The van der Waals surface area contributed by atoms with Gasteiger partial charge in [0.2, 0.25) is 0 Å². The molecule has 2 aliphatic heterocycles. The molecule has 1 amide bonds. The number of anilines is 1. The number of carbonyl (C=O) groups excluding carboxylic acids is 1. The van der Waals surface area contributed by atoms with E-state index in [1.807, 2.05) is 26.8 Å². The molecule has 2 heterocycles. The molecule has 0 unspecified atom stereocenters. The van der Waals surface area contributed by atoms with Crippen LogP contribution in [0.25, 0.3) is 0 Å². The predicted octanol–water partition coefficient (Wildman–Crippen LogP) is 5.53. The number of benzene rings is 2. The molecule has 0 aliphatic carbocycles. The van der Waals surface area contributed by atoms with Crippen molar-refractivity contribution in [2.45, 2.75) is 89.9 Å². The molecule has 10 nitrogen and oxygen atoms in total. The third kappa shape index (κ3) is 10.6. The quantitative estimate of drug-likeness (QED) is 0.251. The highest BCUT2D eigenvalue weighted by molar-refractivity contribution is 5.69. The first-order chi connectivity index (χ1) is 22.1. The molecule has 0 spiro atoms. The number of nitrogens with zero attached hydrogens (tertiary/aromatic N) is 2. The van der Waals surface area contributed by atoms with E-state index in [4.69, 9.17) is 28.4 Å². The third-order valence-corrected chi connectivity index (χ3v) is 8.37. The molecule has 1 saturated heterocycles. The zero-order chi connectivity index (χ0) is 33.1. The van der Waals surface area contributed by atoms with Gasteiger partial charge in [-0.2, -0.15) is 0 Å². The van der Waals surface area contributed by atoms with Crippen molar-refractivity contribution in [1.82, 2.24) is 4.90 Å². The maximum atomic E-state index is 13.5. The Morgan fingerprint density at radius 1 is 1.02 bits per heavy atom. The van der Waals surface area contributed by atoms with Crippen LogP contribution in [0, 0.1) is 0 Å². The number of ether oxygens (including phenoxy) is 6. The van der Waals surface area contributed by atoms with Crippen molar-refractivity contribution >= 4 is 11.8 Å². The highest BCUT2D eigenvalue weighted by Crippen LogP contribution is 2.38. The van der Waals surface area contributed by atoms with Crippen LogP contribution >= 0.6 is 0 Å². The molecule has 4 atom stereocenters. The molecule has 0 saturated carbocycles. The van der Waals surface area contributed by atoms with E-state index in [9.17, 15) is 9.90 Å². The van der Waals surface area contributed by atoms with Gasteiger partial charge in [0.1, 0.15) is 18.0 Å². The van der Waals surface area contributed by atoms with Gasteiger partial charge in [-0.05, 0) is 75.8 Å². The second-order valence-electron chi connectivity index (χ2n) is 13.3. The zero-order valence-electron chi connectivity index (χ0n) is 28.5. The van der Waals surface area contributed by atoms with Crippen LogP contribution in [0.2, 0.25) is 0 Å². The third-order valence-electron chi connectivity index (χ3n) is 8.37. The molecular formula is C36H54N2O8. The van der Waals surface area contributed by atoms with Crippen molar-refractivity contribution in [3.8, 4) is 5.75 Å². The number of hydrogen-bond donors (Lipinski definition) is 1. The van der Waals surface area contributed by atoms with Crippen molar-refractivity contribution in [2.24, 2.45) is 0 Å². The van der Waals surface area contributed by atoms with Crippen molar-refractivity contribution < 1.29 is 38.3 Å². The van der Waals surface area contributed by atoms with Gasteiger partial charge in [-0.1, -0.05) is 30.3 Å². The summed E-state index contributed by atoms with van der Waals surface area (Å²) in [6.45, 7) is 12.8. The summed E-state index contributed by atoms with van der Waals surface area (Å²) in [6, 6.07) is 14.5. The van der Waals surface area contributed by atoms with E-state index in [1.54, 1.807) is 26.0 Å². The lowest BCUT2D eigenvalue weighted by Crippen LogP contribution is -2.54. The van der Waals surface area contributed by atoms with Crippen molar-refractivity contribution in [1.29, 1.82) is 0 Å². The minimum Gasteiger partial charge on any atom is -0.490 e. The van der Waals surface area contributed by atoms with Gasteiger partial charge in [0.05, 0.1) is 57.4 Å². The average Bonchev–Trinajstić information content (AvgIpc) is 3.01. The van der Waals surface area contributed by atoms with Gasteiger partial charge in [-0.25, -0.2) is 4.79 Å². The topological polar surface area (TPSA) is 99.2 Å². The number of aliphatic hydroxyl groups is 1. The first-order valence-corrected chi connectivity index (χ1v) is 16.5. The van der Waals surface area contributed by atoms with Crippen LogP contribution in [0.4, 0.5) is 10.5 Å². The summed E-state index contributed by atoms with van der Waals surface area (Å²) >= 11 is 0. The van der Waals surface area contributed by atoms with E-state index >= 15 is 0 Å². The van der Waals surface area contributed by atoms with E-state index < -0.39 is 11.7 Å². The molecule has 2 aromatic rings. The lowest BCUT2D eigenvalue weighted by atomic mass is 9.81. The van der Waals surface area contributed by atoms with E-state index in [1.165, 1.54) is 0 Å². The molecule has 46 heavy (non-hydrogen) atoms. The fourth-order valence-electron chi connectivity index (χ4n) is 6.16. The zero-order valence-corrected chi connectivity index (χ0v) is 28.5. The molecule has 2 aliphatic rings. The molecule has 256 valence electrons. The van der Waals surface area contributed by atoms with E-state index in [2.05, 4.69) is 41.3 Å². The number of likely N-dealkylation sites (tertiary alicyclic amines) is 1. The van der Waals surface area contributed by atoms with Gasteiger partial charge < -0.3 is 43.3 Å². The minimum absolute atomic E-state index is 0.0115. The van der Waals surface area contributed by atoms with Gasteiger partial charge >= 0.3 is 6.09 Å².